The number of urea groups is 1. The topological polar surface area (TPSA) is 130 Å². The van der Waals surface area contributed by atoms with Crippen LogP contribution in [0.5, 0.6) is 0 Å². The third-order valence-corrected chi connectivity index (χ3v) is 3.60. The second-order valence-electron chi connectivity index (χ2n) is 5.54. The first-order chi connectivity index (χ1) is 13.4. The van der Waals surface area contributed by atoms with E-state index in [0.717, 1.165) is 12.2 Å². The molecule has 0 radical (unpaired) electrons. The van der Waals surface area contributed by atoms with E-state index in [1.54, 1.807) is 0 Å². The molecular weight excluding hydrogens is 372 g/mol. The predicted octanol–water partition coefficient (Wildman–Crippen LogP) is -0.408. The van der Waals surface area contributed by atoms with Gasteiger partial charge in [0.25, 0.3) is 0 Å². The quantitative estimate of drug-likeness (QED) is 0.204. The monoisotopic (exact) mass is 396 g/mol. The van der Waals surface area contributed by atoms with Crippen molar-refractivity contribution in [2.75, 3.05) is 52.8 Å². The Bertz CT molecular complexity index is 585. The van der Waals surface area contributed by atoms with Crippen molar-refractivity contribution in [2.45, 2.75) is 0 Å². The maximum Gasteiger partial charge on any atom is 0.348 e. The second kappa shape index (κ2) is 12.2. The summed E-state index contributed by atoms with van der Waals surface area (Å²) in [5.74, 6) is -1.93. The van der Waals surface area contributed by atoms with E-state index in [4.69, 9.17) is 19.6 Å². The molecule has 0 bridgehead atoms. The van der Waals surface area contributed by atoms with Gasteiger partial charge in [-0.2, -0.15) is 0 Å². The van der Waals surface area contributed by atoms with Crippen LogP contribution in [0.25, 0.3) is 0 Å². The molecule has 1 fully saturated rings. The summed E-state index contributed by atoms with van der Waals surface area (Å²) in [6.45, 7) is 7.74. The van der Waals surface area contributed by atoms with Crippen molar-refractivity contribution in [3.63, 3.8) is 0 Å². The Kier molecular flexibility index (Phi) is 9.97. The third-order valence-electron chi connectivity index (χ3n) is 3.60. The van der Waals surface area contributed by atoms with Crippen molar-refractivity contribution in [1.29, 1.82) is 5.41 Å². The van der Waals surface area contributed by atoms with Crippen LogP contribution in [0, 0.1) is 5.41 Å². The Morgan fingerprint density at radius 3 is 1.71 bits per heavy atom. The number of rotatable bonds is 12. The Hall–Kier alpha value is -3.21. The van der Waals surface area contributed by atoms with Crippen molar-refractivity contribution in [2.24, 2.45) is 0 Å². The zero-order chi connectivity index (χ0) is 20.9. The summed E-state index contributed by atoms with van der Waals surface area (Å²) in [4.78, 5) is 50.6. The van der Waals surface area contributed by atoms with Crippen molar-refractivity contribution < 1.29 is 33.4 Å². The standard InChI is InChI=1S/C17H24N4O7/c1-3-14(22)26-8-5-19-12-20(6-9-27-15(23)4-2)17(25)21(13-19)7-10-28-16(24)11-18/h3-4,11,18H,1-2,5-10,12-13H2. The zero-order valence-corrected chi connectivity index (χ0v) is 15.5. The molecular formula is C17H24N4O7. The van der Waals surface area contributed by atoms with Crippen LogP contribution in [-0.4, -0.2) is 97.6 Å². The largest absolute Gasteiger partial charge is 0.461 e. The van der Waals surface area contributed by atoms with E-state index in [0.29, 0.717) is 12.8 Å². The summed E-state index contributed by atoms with van der Waals surface area (Å²) in [6, 6.07) is -0.320. The Morgan fingerprint density at radius 2 is 1.29 bits per heavy atom. The summed E-state index contributed by atoms with van der Waals surface area (Å²) in [5.41, 5.74) is 0. The molecule has 0 aromatic carbocycles. The van der Waals surface area contributed by atoms with Gasteiger partial charge in [0.05, 0.1) is 26.4 Å². The number of nitrogens with one attached hydrogen (secondary N) is 1. The molecule has 0 saturated carbocycles. The minimum atomic E-state index is -0.800. The highest BCUT2D eigenvalue weighted by molar-refractivity contribution is 6.21. The fourth-order valence-electron chi connectivity index (χ4n) is 2.27. The highest BCUT2D eigenvalue weighted by Crippen LogP contribution is 2.10. The lowest BCUT2D eigenvalue weighted by Gasteiger charge is -2.41. The van der Waals surface area contributed by atoms with Gasteiger partial charge in [0, 0.05) is 18.7 Å². The molecule has 0 aromatic heterocycles. The Balaban J connectivity index is 2.64. The van der Waals surface area contributed by atoms with Crippen LogP contribution < -0.4 is 0 Å². The van der Waals surface area contributed by atoms with E-state index in [-0.39, 0.29) is 52.3 Å². The van der Waals surface area contributed by atoms with Crippen molar-refractivity contribution in [1.82, 2.24) is 14.7 Å². The molecule has 11 heteroatoms. The zero-order valence-electron chi connectivity index (χ0n) is 15.5. The van der Waals surface area contributed by atoms with Gasteiger partial charge in [-0.05, 0) is 0 Å². The molecule has 1 saturated heterocycles. The Morgan fingerprint density at radius 1 is 0.857 bits per heavy atom. The lowest BCUT2D eigenvalue weighted by molar-refractivity contribution is -0.138. The number of carbonyl (C=O) groups is 4. The summed E-state index contributed by atoms with van der Waals surface area (Å²) >= 11 is 0. The molecule has 11 nitrogen and oxygen atoms in total. The SMILES string of the molecule is C=CC(=O)OCCN1CN(CCOC(=O)C=C)C(=O)N(CCOC(=O)C=N)C1. The molecule has 1 heterocycles. The van der Waals surface area contributed by atoms with Gasteiger partial charge in [0.1, 0.15) is 26.0 Å². The van der Waals surface area contributed by atoms with Crippen LogP contribution >= 0.6 is 0 Å². The van der Waals surface area contributed by atoms with Crippen molar-refractivity contribution in [3.8, 4) is 0 Å². The number of hydrogen-bond donors (Lipinski definition) is 1. The van der Waals surface area contributed by atoms with Crippen LogP contribution in [0.2, 0.25) is 0 Å². The fraction of sp³-hybridized carbons (Fsp3) is 0.471. The number of hydrogen-bond acceptors (Lipinski definition) is 9. The Labute approximate surface area is 162 Å². The fourth-order valence-corrected chi connectivity index (χ4v) is 2.27. The van der Waals surface area contributed by atoms with Gasteiger partial charge in [-0.1, -0.05) is 13.2 Å². The number of carbonyl (C=O) groups excluding carboxylic acids is 4. The minimum Gasteiger partial charge on any atom is -0.461 e. The van der Waals surface area contributed by atoms with E-state index in [1.165, 1.54) is 9.80 Å². The molecule has 0 aromatic rings. The number of nitrogens with zero attached hydrogens (tertiary/aromatic N) is 3. The van der Waals surface area contributed by atoms with Crippen LogP contribution in [0.15, 0.2) is 25.3 Å². The molecule has 1 aliphatic rings. The van der Waals surface area contributed by atoms with Crippen LogP contribution in [0.3, 0.4) is 0 Å². The molecule has 1 rings (SSSR count). The minimum absolute atomic E-state index is 0.00743. The summed E-state index contributed by atoms with van der Waals surface area (Å²) in [5, 5.41) is 6.79. The molecule has 0 atom stereocenters. The molecule has 28 heavy (non-hydrogen) atoms. The predicted molar refractivity (Wildman–Crippen MR) is 97.3 cm³/mol. The van der Waals surface area contributed by atoms with Crippen LogP contribution in [0.1, 0.15) is 0 Å². The van der Waals surface area contributed by atoms with Gasteiger partial charge in [0.2, 0.25) is 0 Å². The summed E-state index contributed by atoms with van der Waals surface area (Å²) in [6.07, 6.45) is 2.63. The first-order valence-electron chi connectivity index (χ1n) is 8.43. The summed E-state index contributed by atoms with van der Waals surface area (Å²) in [7, 11) is 0. The lowest BCUT2D eigenvalue weighted by Crippen LogP contribution is -2.59. The average molecular weight is 396 g/mol. The second-order valence-corrected chi connectivity index (χ2v) is 5.54. The van der Waals surface area contributed by atoms with E-state index in [2.05, 4.69) is 13.2 Å². The molecule has 0 spiro atoms. The molecule has 0 aliphatic carbocycles. The van der Waals surface area contributed by atoms with Gasteiger partial charge in [-0.25, -0.2) is 19.2 Å². The highest BCUT2D eigenvalue weighted by Gasteiger charge is 2.30. The smallest absolute Gasteiger partial charge is 0.348 e. The van der Waals surface area contributed by atoms with E-state index < -0.39 is 17.9 Å². The van der Waals surface area contributed by atoms with E-state index in [9.17, 15) is 19.2 Å². The van der Waals surface area contributed by atoms with E-state index in [1.807, 2.05) is 4.90 Å². The maximum atomic E-state index is 12.6. The van der Waals surface area contributed by atoms with Crippen LogP contribution in [-0.2, 0) is 28.6 Å². The van der Waals surface area contributed by atoms with Gasteiger partial charge >= 0.3 is 23.9 Å². The summed E-state index contributed by atoms with van der Waals surface area (Å²) < 4.78 is 14.6. The van der Waals surface area contributed by atoms with Gasteiger partial charge < -0.3 is 29.4 Å². The molecule has 2 amide bonds. The van der Waals surface area contributed by atoms with Crippen LogP contribution in [0.4, 0.5) is 4.79 Å². The molecule has 1 N–H and O–H groups in total. The third kappa shape index (κ3) is 7.99. The normalized spacial score (nSPS) is 14.2. The molecule has 154 valence electrons. The number of ether oxygens (including phenoxy) is 3. The highest BCUT2D eigenvalue weighted by atomic mass is 16.5. The molecule has 0 unspecified atom stereocenters. The maximum absolute atomic E-state index is 12.6. The van der Waals surface area contributed by atoms with Gasteiger partial charge in [-0.3, -0.25) is 4.90 Å². The molecule has 1 aliphatic heterocycles. The van der Waals surface area contributed by atoms with Gasteiger partial charge in [-0.15, -0.1) is 0 Å². The first kappa shape index (κ1) is 22.8. The number of amides is 2. The number of esters is 3. The van der Waals surface area contributed by atoms with Crippen molar-refractivity contribution in [3.05, 3.63) is 25.3 Å². The lowest BCUT2D eigenvalue weighted by atomic mass is 10.4. The van der Waals surface area contributed by atoms with Crippen molar-refractivity contribution >= 4 is 30.2 Å². The van der Waals surface area contributed by atoms with E-state index >= 15 is 0 Å². The average Bonchev–Trinajstić information content (AvgIpc) is 2.70. The first-order valence-corrected chi connectivity index (χ1v) is 8.43. The van der Waals surface area contributed by atoms with Gasteiger partial charge in [0.15, 0.2) is 0 Å².